The molecule has 1 unspecified atom stereocenters. The van der Waals surface area contributed by atoms with E-state index in [1.807, 2.05) is 0 Å². The van der Waals surface area contributed by atoms with Gasteiger partial charge < -0.3 is 5.32 Å². The Hall–Kier alpha value is -1.15. The van der Waals surface area contributed by atoms with Gasteiger partial charge in [0.05, 0.1) is 0 Å². The van der Waals surface area contributed by atoms with Gasteiger partial charge in [0.15, 0.2) is 0 Å². The van der Waals surface area contributed by atoms with Crippen molar-refractivity contribution in [1.82, 2.24) is 5.32 Å². The topological polar surface area (TPSA) is 29.1 Å². The first-order valence-electron chi connectivity index (χ1n) is 7.88. The van der Waals surface area contributed by atoms with Gasteiger partial charge in [-0.3, -0.25) is 4.79 Å². The van der Waals surface area contributed by atoms with Crippen molar-refractivity contribution in [3.05, 3.63) is 34.4 Å². The van der Waals surface area contributed by atoms with Gasteiger partial charge in [0.25, 0.3) is 0 Å². The van der Waals surface area contributed by atoms with Gasteiger partial charge in [-0.05, 0) is 63.3 Å². The molecule has 1 atom stereocenters. The van der Waals surface area contributed by atoms with E-state index in [2.05, 4.69) is 38.2 Å². The molecule has 0 amide bonds. The standard InChI is InChI=1S/C18H27NO/c1-13-10-14(2)18(15(3)11-13)12-17(20)8-7-16-6-4-5-9-19-16/h10-11,16,19H,4-9,12H2,1-3H3. The summed E-state index contributed by atoms with van der Waals surface area (Å²) in [5.74, 6) is 0.382. The third-order valence-corrected chi connectivity index (χ3v) is 4.40. The van der Waals surface area contributed by atoms with E-state index in [-0.39, 0.29) is 0 Å². The third-order valence-electron chi connectivity index (χ3n) is 4.40. The van der Waals surface area contributed by atoms with Gasteiger partial charge in [-0.2, -0.15) is 0 Å². The van der Waals surface area contributed by atoms with E-state index in [1.165, 1.54) is 41.5 Å². The van der Waals surface area contributed by atoms with Crippen molar-refractivity contribution < 1.29 is 4.79 Å². The quantitative estimate of drug-likeness (QED) is 0.887. The summed E-state index contributed by atoms with van der Waals surface area (Å²) in [5, 5.41) is 3.52. The average molecular weight is 273 g/mol. The van der Waals surface area contributed by atoms with E-state index in [4.69, 9.17) is 0 Å². The Balaban J connectivity index is 1.88. The first-order chi connectivity index (χ1) is 9.56. The van der Waals surface area contributed by atoms with Crippen molar-refractivity contribution in [1.29, 1.82) is 0 Å². The van der Waals surface area contributed by atoms with E-state index in [9.17, 15) is 4.79 Å². The van der Waals surface area contributed by atoms with Gasteiger partial charge in [-0.15, -0.1) is 0 Å². The Bertz CT molecular complexity index is 449. The fraction of sp³-hybridized carbons (Fsp3) is 0.611. The maximum atomic E-state index is 12.2. The minimum atomic E-state index is 0.382. The number of piperidine rings is 1. The molecule has 20 heavy (non-hydrogen) atoms. The zero-order valence-electron chi connectivity index (χ0n) is 13.1. The summed E-state index contributed by atoms with van der Waals surface area (Å²) in [4.78, 5) is 12.2. The number of hydrogen-bond donors (Lipinski definition) is 1. The monoisotopic (exact) mass is 273 g/mol. The summed E-state index contributed by atoms with van der Waals surface area (Å²) in [6.45, 7) is 7.46. The van der Waals surface area contributed by atoms with Gasteiger partial charge in [0.2, 0.25) is 0 Å². The molecule has 2 rings (SSSR count). The smallest absolute Gasteiger partial charge is 0.137 e. The van der Waals surface area contributed by atoms with Gasteiger partial charge in [-0.25, -0.2) is 0 Å². The van der Waals surface area contributed by atoms with Crippen LogP contribution in [0.25, 0.3) is 0 Å². The lowest BCUT2D eigenvalue weighted by molar-refractivity contribution is -0.118. The minimum Gasteiger partial charge on any atom is -0.314 e. The van der Waals surface area contributed by atoms with Crippen molar-refractivity contribution in [3.8, 4) is 0 Å². The van der Waals surface area contributed by atoms with E-state index in [0.29, 0.717) is 24.7 Å². The molecule has 1 aliphatic rings. The Morgan fingerprint density at radius 2 is 1.90 bits per heavy atom. The highest BCUT2D eigenvalue weighted by molar-refractivity contribution is 5.81. The molecule has 1 heterocycles. The molecule has 1 N–H and O–H groups in total. The predicted molar refractivity (Wildman–Crippen MR) is 84.2 cm³/mol. The van der Waals surface area contributed by atoms with Crippen molar-refractivity contribution >= 4 is 5.78 Å². The summed E-state index contributed by atoms with van der Waals surface area (Å²) >= 11 is 0. The van der Waals surface area contributed by atoms with Gasteiger partial charge in [0.1, 0.15) is 5.78 Å². The Labute approximate surface area is 123 Å². The number of Topliss-reactive ketones (excluding diaryl/α,β-unsaturated/α-hetero) is 1. The molecule has 1 fully saturated rings. The largest absolute Gasteiger partial charge is 0.314 e. The van der Waals surface area contributed by atoms with Gasteiger partial charge in [-0.1, -0.05) is 24.1 Å². The third kappa shape index (κ3) is 4.17. The van der Waals surface area contributed by atoms with Crippen LogP contribution in [-0.4, -0.2) is 18.4 Å². The van der Waals surface area contributed by atoms with Crippen LogP contribution in [-0.2, 0) is 11.2 Å². The van der Waals surface area contributed by atoms with Crippen LogP contribution in [0, 0.1) is 20.8 Å². The Morgan fingerprint density at radius 3 is 2.50 bits per heavy atom. The molecule has 110 valence electrons. The summed E-state index contributed by atoms with van der Waals surface area (Å²) < 4.78 is 0. The molecule has 1 aromatic rings. The molecular formula is C18H27NO. The van der Waals surface area contributed by atoms with E-state index in [1.54, 1.807) is 0 Å². The average Bonchev–Trinajstić information content (AvgIpc) is 2.42. The molecule has 0 saturated carbocycles. The summed E-state index contributed by atoms with van der Waals surface area (Å²) in [5.41, 5.74) is 5.03. The Kier molecular flexibility index (Phi) is 5.36. The second-order valence-corrected chi connectivity index (χ2v) is 6.28. The zero-order chi connectivity index (χ0) is 14.5. The van der Waals surface area contributed by atoms with Crippen molar-refractivity contribution in [2.45, 2.75) is 65.3 Å². The van der Waals surface area contributed by atoms with Crippen molar-refractivity contribution in [3.63, 3.8) is 0 Å². The summed E-state index contributed by atoms with van der Waals surface area (Å²) in [6, 6.07) is 4.92. The number of carbonyl (C=O) groups excluding carboxylic acids is 1. The first-order valence-corrected chi connectivity index (χ1v) is 7.88. The summed E-state index contributed by atoms with van der Waals surface area (Å²) in [7, 11) is 0. The second kappa shape index (κ2) is 7.03. The second-order valence-electron chi connectivity index (χ2n) is 6.28. The highest BCUT2D eigenvalue weighted by Crippen LogP contribution is 2.19. The van der Waals surface area contributed by atoms with Crippen LogP contribution in [0.5, 0.6) is 0 Å². The van der Waals surface area contributed by atoms with Gasteiger partial charge >= 0.3 is 0 Å². The number of benzene rings is 1. The molecule has 0 aromatic heterocycles. The molecular weight excluding hydrogens is 246 g/mol. The van der Waals surface area contributed by atoms with Crippen LogP contribution >= 0.6 is 0 Å². The van der Waals surface area contributed by atoms with E-state index < -0.39 is 0 Å². The lowest BCUT2D eigenvalue weighted by Crippen LogP contribution is -2.34. The van der Waals surface area contributed by atoms with Gasteiger partial charge in [0, 0.05) is 18.9 Å². The van der Waals surface area contributed by atoms with Crippen molar-refractivity contribution in [2.24, 2.45) is 0 Å². The number of aryl methyl sites for hydroxylation is 3. The molecule has 1 aromatic carbocycles. The highest BCUT2D eigenvalue weighted by Gasteiger charge is 2.15. The molecule has 1 saturated heterocycles. The van der Waals surface area contributed by atoms with E-state index >= 15 is 0 Å². The maximum absolute atomic E-state index is 12.2. The number of ketones is 1. The van der Waals surface area contributed by atoms with Crippen molar-refractivity contribution in [2.75, 3.05) is 6.54 Å². The molecule has 0 radical (unpaired) electrons. The SMILES string of the molecule is Cc1cc(C)c(CC(=O)CCC2CCCCN2)c(C)c1. The number of rotatable bonds is 5. The lowest BCUT2D eigenvalue weighted by Gasteiger charge is -2.23. The lowest BCUT2D eigenvalue weighted by atomic mass is 9.93. The minimum absolute atomic E-state index is 0.382. The predicted octanol–water partition coefficient (Wildman–Crippen LogP) is 3.65. The van der Waals surface area contributed by atoms with E-state index in [0.717, 1.165) is 13.0 Å². The normalized spacial score (nSPS) is 19.1. The maximum Gasteiger partial charge on any atom is 0.137 e. The fourth-order valence-electron chi connectivity index (χ4n) is 3.28. The van der Waals surface area contributed by atoms with Crippen LogP contribution in [0.4, 0.5) is 0 Å². The van der Waals surface area contributed by atoms with Crippen LogP contribution < -0.4 is 5.32 Å². The van der Waals surface area contributed by atoms with Crippen LogP contribution in [0.3, 0.4) is 0 Å². The van der Waals surface area contributed by atoms with Crippen LogP contribution in [0.2, 0.25) is 0 Å². The molecule has 2 nitrogen and oxygen atoms in total. The zero-order valence-corrected chi connectivity index (χ0v) is 13.1. The fourth-order valence-corrected chi connectivity index (χ4v) is 3.28. The summed E-state index contributed by atoms with van der Waals surface area (Å²) in [6.07, 6.45) is 6.14. The number of hydrogen-bond acceptors (Lipinski definition) is 2. The number of nitrogens with one attached hydrogen (secondary N) is 1. The molecule has 0 bridgehead atoms. The molecule has 0 aliphatic carbocycles. The molecule has 2 heteroatoms. The van der Waals surface area contributed by atoms with Crippen LogP contribution in [0.1, 0.15) is 54.4 Å². The first kappa shape index (κ1) is 15.2. The molecule has 0 spiro atoms. The van der Waals surface area contributed by atoms with Crippen LogP contribution in [0.15, 0.2) is 12.1 Å². The molecule has 1 aliphatic heterocycles. The number of carbonyl (C=O) groups is 1. The highest BCUT2D eigenvalue weighted by atomic mass is 16.1. The Morgan fingerprint density at radius 1 is 1.20 bits per heavy atom.